The molecule has 4 N–H and O–H groups in total. The van der Waals surface area contributed by atoms with Crippen molar-refractivity contribution in [2.75, 3.05) is 13.2 Å². The van der Waals surface area contributed by atoms with Crippen molar-refractivity contribution in [3.8, 4) is 0 Å². The molecular weight excluding hydrogens is 454 g/mol. The van der Waals surface area contributed by atoms with Gasteiger partial charge in [-0.25, -0.2) is 4.79 Å². The second-order valence-electron chi connectivity index (χ2n) is 10.3. The Bertz CT molecular complexity index is 792. The van der Waals surface area contributed by atoms with E-state index in [1.165, 1.54) is 4.90 Å². The van der Waals surface area contributed by atoms with E-state index in [-0.39, 0.29) is 30.8 Å². The summed E-state index contributed by atoms with van der Waals surface area (Å²) in [6.45, 7) is 7.39. The number of ether oxygens (including phenoxy) is 2. The van der Waals surface area contributed by atoms with Gasteiger partial charge in [-0.15, -0.1) is 0 Å². The fourth-order valence-electron chi connectivity index (χ4n) is 4.24. The molecule has 0 spiro atoms. The largest absolute Gasteiger partial charge is 0.466 e. The topological polar surface area (TPSA) is 148 Å². The van der Waals surface area contributed by atoms with E-state index in [2.05, 4.69) is 17.5 Å². The van der Waals surface area contributed by atoms with Crippen LogP contribution >= 0.6 is 0 Å². The number of β-amino-alcohol motifs (C(OH)–C–C–N with tert-alkyl or cyclic N) is 1. The minimum Gasteiger partial charge on any atom is -0.466 e. The molecule has 0 aromatic rings. The number of alkyl carbamates (subject to hydrolysis) is 1. The zero-order valence-corrected chi connectivity index (χ0v) is 21.3. The van der Waals surface area contributed by atoms with Gasteiger partial charge in [0.2, 0.25) is 11.8 Å². The first-order valence-corrected chi connectivity index (χ1v) is 12.5. The van der Waals surface area contributed by atoms with Crippen LogP contribution in [0.5, 0.6) is 0 Å². The van der Waals surface area contributed by atoms with Crippen molar-refractivity contribution in [3.05, 3.63) is 12.2 Å². The molecule has 2 aliphatic rings. The average molecular weight is 496 g/mol. The number of primary amides is 1. The standard InChI is InChI=1S/C25H41N3O7/c1-5-34-23(32)18-13-16(18)11-9-7-6-8-10-12-19(27-24(33)35-25(2,3)4)22(31)28-15-17(29)14-20(28)21(26)30/h9,11,16-20,29H,5-8,10,12-15H2,1-4H3,(H2,26,30)(H,27,33)/b11-9-/t16?,17-,18+,19+,20+/m1/s1. The van der Waals surface area contributed by atoms with Gasteiger partial charge in [-0.1, -0.05) is 25.0 Å². The summed E-state index contributed by atoms with van der Waals surface area (Å²) in [4.78, 5) is 50.2. The number of nitrogens with zero attached hydrogens (tertiary/aromatic N) is 1. The maximum atomic E-state index is 13.2. The number of esters is 1. The SMILES string of the molecule is CCOC(=O)[C@H]1CC1/C=C\CCCCC[C@H](NC(=O)OC(C)(C)C)C(=O)N1C[C@H](O)C[C@H]1C(N)=O. The van der Waals surface area contributed by atoms with Crippen LogP contribution in [0.15, 0.2) is 12.2 Å². The molecule has 1 saturated heterocycles. The molecule has 1 heterocycles. The number of carbonyl (C=O) groups excluding carboxylic acids is 4. The number of nitrogens with one attached hydrogen (secondary N) is 1. The lowest BCUT2D eigenvalue weighted by Crippen LogP contribution is -2.53. The number of aliphatic hydroxyl groups excluding tert-OH is 1. The number of hydrogen-bond donors (Lipinski definition) is 3. The van der Waals surface area contributed by atoms with Gasteiger partial charge in [-0.05, 0) is 59.3 Å². The number of hydrogen-bond acceptors (Lipinski definition) is 7. The molecule has 0 aromatic heterocycles. The molecule has 2 rings (SSSR count). The molecule has 1 aliphatic carbocycles. The Balaban J connectivity index is 1.84. The van der Waals surface area contributed by atoms with Crippen molar-refractivity contribution < 1.29 is 33.8 Å². The fraction of sp³-hybridized carbons (Fsp3) is 0.760. The molecule has 0 radical (unpaired) electrons. The second kappa shape index (κ2) is 12.9. The average Bonchev–Trinajstić information content (AvgIpc) is 3.42. The van der Waals surface area contributed by atoms with Crippen LogP contribution < -0.4 is 11.1 Å². The number of likely N-dealkylation sites (tertiary alicyclic amines) is 1. The van der Waals surface area contributed by atoms with Crippen LogP contribution in [0.25, 0.3) is 0 Å². The minimum atomic E-state index is -0.897. The number of carbonyl (C=O) groups is 4. The van der Waals surface area contributed by atoms with Crippen LogP contribution in [-0.4, -0.2) is 70.8 Å². The van der Waals surface area contributed by atoms with Gasteiger partial charge in [0.05, 0.1) is 18.6 Å². The van der Waals surface area contributed by atoms with E-state index in [0.29, 0.717) is 19.4 Å². The quantitative estimate of drug-likeness (QED) is 0.213. The van der Waals surface area contributed by atoms with E-state index in [0.717, 1.165) is 25.7 Å². The number of nitrogens with two attached hydrogens (primary N) is 1. The van der Waals surface area contributed by atoms with E-state index < -0.39 is 41.7 Å². The van der Waals surface area contributed by atoms with Crippen molar-refractivity contribution >= 4 is 23.9 Å². The van der Waals surface area contributed by atoms with Crippen molar-refractivity contribution in [3.63, 3.8) is 0 Å². The van der Waals surface area contributed by atoms with Gasteiger partial charge in [-0.2, -0.15) is 0 Å². The van der Waals surface area contributed by atoms with E-state index in [4.69, 9.17) is 15.2 Å². The van der Waals surface area contributed by atoms with Crippen LogP contribution in [0.4, 0.5) is 4.79 Å². The minimum absolute atomic E-state index is 0.00229. The van der Waals surface area contributed by atoms with Gasteiger partial charge < -0.3 is 30.5 Å². The highest BCUT2D eigenvalue weighted by Gasteiger charge is 2.42. The lowest BCUT2D eigenvalue weighted by atomic mass is 10.0. The van der Waals surface area contributed by atoms with Gasteiger partial charge >= 0.3 is 12.1 Å². The first kappa shape index (κ1) is 28.6. The van der Waals surface area contributed by atoms with E-state index >= 15 is 0 Å². The lowest BCUT2D eigenvalue weighted by molar-refractivity contribution is -0.144. The summed E-state index contributed by atoms with van der Waals surface area (Å²) < 4.78 is 10.3. The summed E-state index contributed by atoms with van der Waals surface area (Å²) in [5, 5.41) is 12.6. The van der Waals surface area contributed by atoms with Gasteiger partial charge in [-0.3, -0.25) is 14.4 Å². The highest BCUT2D eigenvalue weighted by atomic mass is 16.6. The molecule has 0 bridgehead atoms. The van der Waals surface area contributed by atoms with Gasteiger partial charge in [0.25, 0.3) is 0 Å². The van der Waals surface area contributed by atoms with E-state index in [1.54, 1.807) is 27.7 Å². The van der Waals surface area contributed by atoms with E-state index in [1.807, 2.05) is 0 Å². The Morgan fingerprint density at radius 2 is 1.89 bits per heavy atom. The molecule has 2 fully saturated rings. The molecule has 5 atom stereocenters. The predicted octanol–water partition coefficient (Wildman–Crippen LogP) is 2.03. The molecule has 1 unspecified atom stereocenters. The fourth-order valence-corrected chi connectivity index (χ4v) is 4.24. The lowest BCUT2D eigenvalue weighted by Gasteiger charge is -2.28. The van der Waals surface area contributed by atoms with Crippen LogP contribution in [0, 0.1) is 11.8 Å². The highest BCUT2D eigenvalue weighted by Crippen LogP contribution is 2.40. The summed E-state index contributed by atoms with van der Waals surface area (Å²) in [6.07, 6.45) is 7.15. The Hall–Kier alpha value is -2.62. The molecule has 1 aliphatic heterocycles. The smallest absolute Gasteiger partial charge is 0.408 e. The van der Waals surface area contributed by atoms with Gasteiger partial charge in [0, 0.05) is 13.0 Å². The van der Waals surface area contributed by atoms with Crippen molar-refractivity contribution in [1.29, 1.82) is 0 Å². The van der Waals surface area contributed by atoms with Gasteiger partial charge in [0.15, 0.2) is 0 Å². The maximum absolute atomic E-state index is 13.2. The summed E-state index contributed by atoms with van der Waals surface area (Å²) in [5.74, 6) is -0.999. The van der Waals surface area contributed by atoms with Gasteiger partial charge in [0.1, 0.15) is 17.7 Å². The normalized spacial score (nSPS) is 24.8. The second-order valence-corrected chi connectivity index (χ2v) is 10.3. The Labute approximate surface area is 207 Å². The Kier molecular flexibility index (Phi) is 10.5. The zero-order chi connectivity index (χ0) is 26.2. The molecule has 10 heteroatoms. The number of unbranched alkanes of at least 4 members (excludes halogenated alkanes) is 3. The third-order valence-corrected chi connectivity index (χ3v) is 6.06. The number of rotatable bonds is 12. The molecule has 1 saturated carbocycles. The molecule has 0 aromatic carbocycles. The molecule has 35 heavy (non-hydrogen) atoms. The first-order chi connectivity index (χ1) is 16.4. The zero-order valence-electron chi connectivity index (χ0n) is 21.3. The van der Waals surface area contributed by atoms with Crippen LogP contribution in [0.2, 0.25) is 0 Å². The molecule has 10 nitrogen and oxygen atoms in total. The third-order valence-electron chi connectivity index (χ3n) is 6.06. The van der Waals surface area contributed by atoms with E-state index in [9.17, 15) is 24.3 Å². The molecular formula is C25H41N3O7. The van der Waals surface area contributed by atoms with Crippen molar-refractivity contribution in [2.45, 2.75) is 96.4 Å². The Morgan fingerprint density at radius 3 is 2.51 bits per heavy atom. The summed E-state index contributed by atoms with van der Waals surface area (Å²) >= 11 is 0. The van der Waals surface area contributed by atoms with Crippen LogP contribution in [0.1, 0.15) is 72.6 Å². The van der Waals surface area contributed by atoms with Crippen LogP contribution in [0.3, 0.4) is 0 Å². The molecule has 3 amide bonds. The monoisotopic (exact) mass is 495 g/mol. The Morgan fingerprint density at radius 1 is 1.17 bits per heavy atom. The predicted molar refractivity (Wildman–Crippen MR) is 129 cm³/mol. The van der Waals surface area contributed by atoms with Crippen molar-refractivity contribution in [1.82, 2.24) is 10.2 Å². The first-order valence-electron chi connectivity index (χ1n) is 12.5. The summed E-state index contributed by atoms with van der Waals surface area (Å²) in [6, 6.07) is -1.78. The van der Waals surface area contributed by atoms with Crippen LogP contribution in [-0.2, 0) is 23.9 Å². The maximum Gasteiger partial charge on any atom is 0.408 e. The third kappa shape index (κ3) is 9.51. The summed E-state index contributed by atoms with van der Waals surface area (Å²) in [5.41, 5.74) is 4.69. The van der Waals surface area contributed by atoms with Crippen molar-refractivity contribution in [2.24, 2.45) is 17.6 Å². The number of amides is 3. The number of aliphatic hydroxyl groups is 1. The number of allylic oxidation sites excluding steroid dienone is 2. The molecule has 198 valence electrons. The highest BCUT2D eigenvalue weighted by molar-refractivity contribution is 5.91. The summed E-state index contributed by atoms with van der Waals surface area (Å²) in [7, 11) is 0.